The second-order valence-corrected chi connectivity index (χ2v) is 7.33. The standard InChI is InChI=1S/C23H24N4O4/c1-2-31-23(30)26-13-11-25(12-14-26)21(28)19-15-18-9-6-10-24-20(18)27(22(19)29)16-17-7-4-3-5-8-17/h3-10,15H,2,11-14,16H2,1H3. The van der Waals surface area contributed by atoms with Crippen LogP contribution >= 0.6 is 0 Å². The number of fused-ring (bicyclic) bond motifs is 1. The molecule has 0 saturated carbocycles. The summed E-state index contributed by atoms with van der Waals surface area (Å²) >= 11 is 0. The van der Waals surface area contributed by atoms with Crippen LogP contribution in [0.4, 0.5) is 4.79 Å². The van der Waals surface area contributed by atoms with E-state index in [-0.39, 0.29) is 23.1 Å². The van der Waals surface area contributed by atoms with E-state index >= 15 is 0 Å². The smallest absolute Gasteiger partial charge is 0.409 e. The molecule has 1 fully saturated rings. The lowest BCUT2D eigenvalue weighted by molar-refractivity contribution is 0.0569. The fraction of sp³-hybridized carbons (Fsp3) is 0.304. The van der Waals surface area contributed by atoms with Gasteiger partial charge in [0.2, 0.25) is 0 Å². The molecule has 8 nitrogen and oxygen atoms in total. The molecule has 0 atom stereocenters. The van der Waals surface area contributed by atoms with E-state index in [0.29, 0.717) is 45.0 Å². The van der Waals surface area contributed by atoms with Gasteiger partial charge >= 0.3 is 6.09 Å². The molecular formula is C23H24N4O4. The third-order valence-corrected chi connectivity index (χ3v) is 5.35. The molecule has 1 saturated heterocycles. The van der Waals surface area contributed by atoms with Crippen molar-refractivity contribution in [2.45, 2.75) is 13.5 Å². The van der Waals surface area contributed by atoms with Crippen LogP contribution in [0.3, 0.4) is 0 Å². The summed E-state index contributed by atoms with van der Waals surface area (Å²) in [5, 5.41) is 0.728. The number of piperazine rings is 1. The van der Waals surface area contributed by atoms with Crippen LogP contribution in [0.2, 0.25) is 0 Å². The molecule has 3 heterocycles. The highest BCUT2D eigenvalue weighted by Crippen LogP contribution is 2.15. The lowest BCUT2D eigenvalue weighted by atomic mass is 10.1. The third kappa shape index (κ3) is 4.28. The maximum absolute atomic E-state index is 13.3. The largest absolute Gasteiger partial charge is 0.450 e. The van der Waals surface area contributed by atoms with Gasteiger partial charge in [0.05, 0.1) is 13.2 Å². The molecule has 0 bridgehead atoms. The number of rotatable bonds is 4. The number of hydrogen-bond acceptors (Lipinski definition) is 5. The second kappa shape index (κ2) is 8.99. The first-order valence-corrected chi connectivity index (χ1v) is 10.3. The third-order valence-electron chi connectivity index (χ3n) is 5.35. The van der Waals surface area contributed by atoms with E-state index in [1.165, 1.54) is 0 Å². The van der Waals surface area contributed by atoms with E-state index < -0.39 is 0 Å². The van der Waals surface area contributed by atoms with Crippen molar-refractivity contribution < 1.29 is 14.3 Å². The fourth-order valence-corrected chi connectivity index (χ4v) is 3.75. The Hall–Kier alpha value is -3.68. The average molecular weight is 420 g/mol. The van der Waals surface area contributed by atoms with Crippen molar-refractivity contribution in [2.24, 2.45) is 0 Å². The molecular weight excluding hydrogens is 396 g/mol. The number of hydrogen-bond donors (Lipinski definition) is 0. The summed E-state index contributed by atoms with van der Waals surface area (Å²) < 4.78 is 6.57. The van der Waals surface area contributed by atoms with Crippen LogP contribution in [0, 0.1) is 0 Å². The van der Waals surface area contributed by atoms with Gasteiger partial charge in [0.25, 0.3) is 11.5 Å². The number of nitrogens with zero attached hydrogens (tertiary/aromatic N) is 4. The molecule has 160 valence electrons. The van der Waals surface area contributed by atoms with Crippen molar-refractivity contribution >= 4 is 23.0 Å². The first-order valence-electron chi connectivity index (χ1n) is 10.3. The van der Waals surface area contributed by atoms with E-state index in [4.69, 9.17) is 4.74 Å². The maximum atomic E-state index is 13.3. The molecule has 0 radical (unpaired) electrons. The van der Waals surface area contributed by atoms with E-state index in [1.807, 2.05) is 36.4 Å². The number of amides is 2. The fourth-order valence-electron chi connectivity index (χ4n) is 3.75. The zero-order valence-electron chi connectivity index (χ0n) is 17.4. The summed E-state index contributed by atoms with van der Waals surface area (Å²) in [6.07, 6.45) is 1.26. The predicted octanol–water partition coefficient (Wildman–Crippen LogP) is 2.36. The Kier molecular flexibility index (Phi) is 5.97. The molecule has 0 aliphatic carbocycles. The Bertz CT molecular complexity index is 1150. The van der Waals surface area contributed by atoms with Crippen LogP contribution in [0.1, 0.15) is 22.8 Å². The molecule has 0 unspecified atom stereocenters. The lowest BCUT2D eigenvalue weighted by Crippen LogP contribution is -2.51. The molecule has 8 heteroatoms. The van der Waals surface area contributed by atoms with Gasteiger partial charge in [0, 0.05) is 37.8 Å². The highest BCUT2D eigenvalue weighted by Gasteiger charge is 2.27. The van der Waals surface area contributed by atoms with E-state index in [0.717, 1.165) is 10.9 Å². The number of benzene rings is 1. The van der Waals surface area contributed by atoms with Crippen molar-refractivity contribution in [1.82, 2.24) is 19.4 Å². The highest BCUT2D eigenvalue weighted by molar-refractivity contribution is 5.97. The van der Waals surface area contributed by atoms with E-state index in [9.17, 15) is 14.4 Å². The molecule has 4 rings (SSSR count). The second-order valence-electron chi connectivity index (χ2n) is 7.33. The van der Waals surface area contributed by atoms with Gasteiger partial charge in [-0.15, -0.1) is 0 Å². The SMILES string of the molecule is CCOC(=O)N1CCN(C(=O)c2cc3cccnc3n(Cc3ccccc3)c2=O)CC1. The van der Waals surface area contributed by atoms with Gasteiger partial charge in [-0.1, -0.05) is 30.3 Å². The minimum atomic E-state index is -0.378. The summed E-state index contributed by atoms with van der Waals surface area (Å²) in [4.78, 5) is 46.0. The van der Waals surface area contributed by atoms with Crippen LogP contribution in [-0.2, 0) is 11.3 Å². The Balaban J connectivity index is 1.64. The predicted molar refractivity (Wildman–Crippen MR) is 116 cm³/mol. The minimum absolute atomic E-state index is 0.112. The number of aromatic nitrogens is 2. The van der Waals surface area contributed by atoms with Crippen LogP contribution < -0.4 is 5.56 Å². The van der Waals surface area contributed by atoms with E-state index in [1.54, 1.807) is 39.6 Å². The van der Waals surface area contributed by atoms with Crippen molar-refractivity contribution in [3.8, 4) is 0 Å². The summed E-state index contributed by atoms with van der Waals surface area (Å²) in [6, 6.07) is 14.9. The van der Waals surface area contributed by atoms with Gasteiger partial charge in [0.15, 0.2) is 0 Å². The first kappa shape index (κ1) is 20.6. The molecule has 1 aromatic carbocycles. The number of carbonyl (C=O) groups is 2. The lowest BCUT2D eigenvalue weighted by Gasteiger charge is -2.34. The van der Waals surface area contributed by atoms with Crippen molar-refractivity contribution in [3.63, 3.8) is 0 Å². The summed E-state index contributed by atoms with van der Waals surface area (Å²) in [5.74, 6) is -0.332. The van der Waals surface area contributed by atoms with Crippen LogP contribution in [0.25, 0.3) is 11.0 Å². The normalized spacial score (nSPS) is 14.0. The van der Waals surface area contributed by atoms with Gasteiger partial charge in [-0.3, -0.25) is 14.2 Å². The zero-order chi connectivity index (χ0) is 21.8. The summed E-state index contributed by atoms with van der Waals surface area (Å²) in [7, 11) is 0. The Labute approximate surface area is 179 Å². The van der Waals surface area contributed by atoms with Gasteiger partial charge in [0.1, 0.15) is 11.2 Å². The van der Waals surface area contributed by atoms with Gasteiger partial charge in [-0.2, -0.15) is 0 Å². The molecule has 2 aromatic heterocycles. The van der Waals surface area contributed by atoms with Crippen LogP contribution in [0.15, 0.2) is 59.5 Å². The Morgan fingerprint density at radius 2 is 1.71 bits per heavy atom. The van der Waals surface area contributed by atoms with E-state index in [2.05, 4.69) is 4.98 Å². The number of carbonyl (C=O) groups excluding carboxylic acids is 2. The molecule has 2 amide bonds. The molecule has 31 heavy (non-hydrogen) atoms. The summed E-state index contributed by atoms with van der Waals surface area (Å²) in [5.41, 5.74) is 1.23. The molecule has 1 aliphatic rings. The van der Waals surface area contributed by atoms with Crippen molar-refractivity contribution in [3.05, 3.63) is 76.2 Å². The number of pyridine rings is 2. The van der Waals surface area contributed by atoms with Crippen molar-refractivity contribution in [2.75, 3.05) is 32.8 Å². The first-order chi connectivity index (χ1) is 15.1. The average Bonchev–Trinajstić information content (AvgIpc) is 2.81. The van der Waals surface area contributed by atoms with Crippen molar-refractivity contribution in [1.29, 1.82) is 0 Å². The minimum Gasteiger partial charge on any atom is -0.450 e. The monoisotopic (exact) mass is 420 g/mol. The molecule has 3 aromatic rings. The molecule has 0 spiro atoms. The maximum Gasteiger partial charge on any atom is 0.409 e. The topological polar surface area (TPSA) is 84.7 Å². The number of ether oxygens (including phenoxy) is 1. The summed E-state index contributed by atoms with van der Waals surface area (Å²) in [6.45, 7) is 3.83. The quantitative estimate of drug-likeness (QED) is 0.647. The zero-order valence-corrected chi connectivity index (χ0v) is 17.4. The highest BCUT2D eigenvalue weighted by atomic mass is 16.6. The van der Waals surface area contributed by atoms with Gasteiger partial charge in [-0.25, -0.2) is 9.78 Å². The van der Waals surface area contributed by atoms with Crippen LogP contribution in [-0.4, -0.2) is 64.1 Å². The van der Waals surface area contributed by atoms with Gasteiger partial charge in [-0.05, 0) is 30.7 Å². The molecule has 0 N–H and O–H groups in total. The van der Waals surface area contributed by atoms with Gasteiger partial charge < -0.3 is 14.5 Å². The molecule has 1 aliphatic heterocycles. The van der Waals surface area contributed by atoms with Crippen LogP contribution in [0.5, 0.6) is 0 Å². The Morgan fingerprint density at radius 1 is 1.00 bits per heavy atom. The Morgan fingerprint density at radius 3 is 2.42 bits per heavy atom.